The third kappa shape index (κ3) is 2.57. The predicted molar refractivity (Wildman–Crippen MR) is 172 cm³/mol. The number of benzene rings is 5. The lowest BCUT2D eigenvalue weighted by Gasteiger charge is -2.55. The molecule has 41 heavy (non-hydrogen) atoms. The van der Waals surface area contributed by atoms with Gasteiger partial charge in [0.2, 0.25) is 0 Å². The maximum Gasteiger partial charge on any atom is 0.0545 e. The van der Waals surface area contributed by atoms with E-state index in [1.54, 1.807) is 0 Å². The highest BCUT2D eigenvalue weighted by atomic mass is 15.2. The van der Waals surface area contributed by atoms with Crippen LogP contribution < -0.4 is 4.90 Å². The standard InChI is InChI=1S/C39H34N2/c1-37(2)26-15-11-17-28-34(26)41-35-27(37)16-12-18-29(35)39(5,6)31-22-23(21-30(36(31)41)38(28,3)4)40-32-19-9-7-13-24(32)25-14-8-10-20-33(25)40/h7-22H,1-6H3. The van der Waals surface area contributed by atoms with Crippen molar-refractivity contribution < 1.29 is 0 Å². The van der Waals surface area contributed by atoms with E-state index in [0.717, 1.165) is 0 Å². The van der Waals surface area contributed by atoms with Gasteiger partial charge >= 0.3 is 0 Å². The largest absolute Gasteiger partial charge is 0.309 e. The van der Waals surface area contributed by atoms with E-state index in [0.29, 0.717) is 0 Å². The Kier molecular flexibility index (Phi) is 4.07. The third-order valence-corrected chi connectivity index (χ3v) is 10.7. The van der Waals surface area contributed by atoms with Crippen molar-refractivity contribution in [3.63, 3.8) is 0 Å². The summed E-state index contributed by atoms with van der Waals surface area (Å²) in [6.45, 7) is 14.5. The van der Waals surface area contributed by atoms with Crippen LogP contribution in [0.1, 0.15) is 74.9 Å². The lowest BCUT2D eigenvalue weighted by Crippen LogP contribution is -2.43. The first-order chi connectivity index (χ1) is 19.6. The quantitative estimate of drug-likeness (QED) is 0.205. The fourth-order valence-electron chi connectivity index (χ4n) is 8.50. The van der Waals surface area contributed by atoms with E-state index in [2.05, 4.69) is 148 Å². The summed E-state index contributed by atoms with van der Waals surface area (Å²) in [5.74, 6) is 0. The van der Waals surface area contributed by atoms with Crippen molar-refractivity contribution in [3.8, 4) is 5.69 Å². The first-order valence-electron chi connectivity index (χ1n) is 14.9. The van der Waals surface area contributed by atoms with Crippen molar-refractivity contribution in [1.82, 2.24) is 4.57 Å². The van der Waals surface area contributed by atoms with Crippen LogP contribution in [0.2, 0.25) is 0 Å². The summed E-state index contributed by atoms with van der Waals surface area (Å²) >= 11 is 0. The fourth-order valence-corrected chi connectivity index (χ4v) is 8.50. The van der Waals surface area contributed by atoms with Crippen LogP contribution in [-0.2, 0) is 16.2 Å². The van der Waals surface area contributed by atoms with E-state index in [1.807, 2.05) is 0 Å². The second-order valence-electron chi connectivity index (χ2n) is 13.9. The van der Waals surface area contributed by atoms with Gasteiger partial charge < -0.3 is 9.47 Å². The van der Waals surface area contributed by atoms with Gasteiger partial charge in [-0.3, -0.25) is 0 Å². The zero-order chi connectivity index (χ0) is 28.1. The molecule has 3 aliphatic heterocycles. The van der Waals surface area contributed by atoms with Crippen LogP contribution in [0.5, 0.6) is 0 Å². The SMILES string of the molecule is CC1(C)c2cccc3c2N2c4c1cccc4C(C)(C)c1cc(-n4c5ccccc5c5ccccc54)cc(c12)C3(C)C. The summed E-state index contributed by atoms with van der Waals surface area (Å²) < 4.78 is 2.49. The zero-order valence-corrected chi connectivity index (χ0v) is 24.6. The molecule has 0 bridgehead atoms. The van der Waals surface area contributed by atoms with E-state index in [1.165, 1.54) is 77.9 Å². The van der Waals surface area contributed by atoms with Gasteiger partial charge in [-0.25, -0.2) is 0 Å². The summed E-state index contributed by atoms with van der Waals surface area (Å²) in [5.41, 5.74) is 16.1. The first-order valence-corrected chi connectivity index (χ1v) is 14.9. The smallest absolute Gasteiger partial charge is 0.0545 e. The Morgan fingerprint density at radius 2 is 0.780 bits per heavy atom. The molecule has 3 aliphatic rings. The van der Waals surface area contributed by atoms with Crippen molar-refractivity contribution >= 4 is 38.9 Å². The molecule has 1 aromatic heterocycles. The maximum absolute atomic E-state index is 2.65. The molecule has 0 saturated carbocycles. The molecule has 5 aromatic carbocycles. The molecule has 4 heterocycles. The number of rotatable bonds is 1. The van der Waals surface area contributed by atoms with E-state index >= 15 is 0 Å². The number of aromatic nitrogens is 1. The van der Waals surface area contributed by atoms with Crippen LogP contribution in [0, 0.1) is 0 Å². The Balaban J connectivity index is 1.46. The summed E-state index contributed by atoms with van der Waals surface area (Å²) in [5, 5.41) is 2.60. The van der Waals surface area contributed by atoms with Crippen LogP contribution in [0.15, 0.2) is 97.1 Å². The van der Waals surface area contributed by atoms with Crippen LogP contribution >= 0.6 is 0 Å². The minimum absolute atomic E-state index is 0.0722. The Labute approximate surface area is 241 Å². The summed E-state index contributed by atoms with van der Waals surface area (Å²) in [6.07, 6.45) is 0. The molecule has 6 aromatic rings. The van der Waals surface area contributed by atoms with Gasteiger partial charge in [-0.1, -0.05) is 114 Å². The highest BCUT2D eigenvalue weighted by Crippen LogP contribution is 2.66. The van der Waals surface area contributed by atoms with E-state index in [-0.39, 0.29) is 16.2 Å². The van der Waals surface area contributed by atoms with Gasteiger partial charge in [-0.15, -0.1) is 0 Å². The average molecular weight is 531 g/mol. The first kappa shape index (κ1) is 23.4. The molecular weight excluding hydrogens is 496 g/mol. The third-order valence-electron chi connectivity index (χ3n) is 10.7. The van der Waals surface area contributed by atoms with Crippen molar-refractivity contribution in [2.24, 2.45) is 0 Å². The second-order valence-corrected chi connectivity index (χ2v) is 13.9. The van der Waals surface area contributed by atoms with Gasteiger partial charge in [-0.05, 0) is 57.6 Å². The molecular formula is C39H34N2. The topological polar surface area (TPSA) is 8.17 Å². The van der Waals surface area contributed by atoms with Gasteiger partial charge in [0.1, 0.15) is 0 Å². The molecule has 0 N–H and O–H groups in total. The van der Waals surface area contributed by atoms with Crippen LogP contribution in [0.4, 0.5) is 17.1 Å². The predicted octanol–water partition coefficient (Wildman–Crippen LogP) is 10.2. The number of anilines is 3. The molecule has 0 saturated heterocycles. The van der Waals surface area contributed by atoms with Gasteiger partial charge in [-0.2, -0.15) is 0 Å². The molecule has 0 fully saturated rings. The second kappa shape index (κ2) is 7.12. The average Bonchev–Trinajstić information content (AvgIpc) is 3.30. The molecule has 200 valence electrons. The van der Waals surface area contributed by atoms with Crippen LogP contribution in [-0.4, -0.2) is 4.57 Å². The Bertz CT molecular complexity index is 1990. The minimum Gasteiger partial charge on any atom is -0.309 e. The summed E-state index contributed by atoms with van der Waals surface area (Å²) in [4.78, 5) is 2.65. The number of fused-ring (bicyclic) bond motifs is 3. The number of hydrogen-bond acceptors (Lipinski definition) is 1. The van der Waals surface area contributed by atoms with E-state index < -0.39 is 0 Å². The summed E-state index contributed by atoms with van der Waals surface area (Å²) in [7, 11) is 0. The van der Waals surface area contributed by atoms with Crippen molar-refractivity contribution in [3.05, 3.63) is 130 Å². The van der Waals surface area contributed by atoms with E-state index in [9.17, 15) is 0 Å². The highest BCUT2D eigenvalue weighted by molar-refractivity contribution is 6.09. The molecule has 2 heteroatoms. The number of para-hydroxylation sites is 4. The molecule has 0 radical (unpaired) electrons. The molecule has 0 spiro atoms. The Hall–Kier alpha value is -4.30. The van der Waals surface area contributed by atoms with Gasteiger partial charge in [0, 0.05) is 32.7 Å². The van der Waals surface area contributed by atoms with Crippen LogP contribution in [0.3, 0.4) is 0 Å². The van der Waals surface area contributed by atoms with Gasteiger partial charge in [0.05, 0.1) is 28.1 Å². The maximum atomic E-state index is 2.65. The molecule has 0 unspecified atom stereocenters. The zero-order valence-electron chi connectivity index (χ0n) is 24.6. The molecule has 9 rings (SSSR count). The van der Waals surface area contributed by atoms with E-state index in [4.69, 9.17) is 0 Å². The van der Waals surface area contributed by atoms with Gasteiger partial charge in [0.15, 0.2) is 0 Å². The van der Waals surface area contributed by atoms with Crippen LogP contribution in [0.25, 0.3) is 27.5 Å². The van der Waals surface area contributed by atoms with Crippen molar-refractivity contribution in [2.45, 2.75) is 57.8 Å². The van der Waals surface area contributed by atoms with Crippen molar-refractivity contribution in [2.75, 3.05) is 4.90 Å². The molecule has 0 atom stereocenters. The lowest BCUT2D eigenvalue weighted by molar-refractivity contribution is 0.566. The molecule has 0 aliphatic carbocycles. The van der Waals surface area contributed by atoms with Gasteiger partial charge in [0.25, 0.3) is 0 Å². The molecule has 0 amide bonds. The fraction of sp³-hybridized carbons (Fsp3) is 0.231. The Morgan fingerprint density at radius 3 is 1.22 bits per heavy atom. The monoisotopic (exact) mass is 530 g/mol. The number of nitrogens with zero attached hydrogens (tertiary/aromatic N) is 2. The number of hydrogen-bond donors (Lipinski definition) is 0. The minimum atomic E-state index is -0.156. The normalized spacial score (nSPS) is 18.0. The molecule has 2 nitrogen and oxygen atoms in total. The Morgan fingerprint density at radius 1 is 0.415 bits per heavy atom. The summed E-state index contributed by atoms with van der Waals surface area (Å²) in [6, 6.07) is 36.7. The van der Waals surface area contributed by atoms with Crippen molar-refractivity contribution in [1.29, 1.82) is 0 Å². The highest BCUT2D eigenvalue weighted by Gasteiger charge is 2.51. The lowest BCUT2D eigenvalue weighted by atomic mass is 9.61.